The fourth-order valence-corrected chi connectivity index (χ4v) is 6.65. The molecule has 1 atom stereocenters. The Morgan fingerprint density at radius 3 is 1.90 bits per heavy atom. The van der Waals surface area contributed by atoms with E-state index in [1.807, 2.05) is 0 Å². The molecule has 9 heteroatoms. The molecule has 0 amide bonds. The largest absolute Gasteiger partial charge is 0.496 e. The van der Waals surface area contributed by atoms with Crippen molar-refractivity contribution < 1.29 is 23.6 Å². The van der Waals surface area contributed by atoms with Crippen molar-refractivity contribution in [2.45, 2.75) is 30.8 Å². The van der Waals surface area contributed by atoms with Crippen LogP contribution in [0.5, 0.6) is 11.5 Å². The summed E-state index contributed by atoms with van der Waals surface area (Å²) in [7, 11) is 0.119. The molecule has 0 bridgehead atoms. The maximum Gasteiger partial charge on any atom is 0.250 e. The zero-order valence-corrected chi connectivity index (χ0v) is 19.5. The highest BCUT2D eigenvalue weighted by Crippen LogP contribution is 2.56. The summed E-state index contributed by atoms with van der Waals surface area (Å²) in [6.45, 7) is 0. The molecule has 0 aliphatic heterocycles. The number of hydrogen-bond donors (Lipinski definition) is 0. The summed E-state index contributed by atoms with van der Waals surface area (Å²) >= 11 is 18.5. The quantitative estimate of drug-likeness (QED) is 0.316. The highest BCUT2D eigenvalue weighted by molar-refractivity contribution is 7.67. The average Bonchev–Trinajstić information content (AvgIpc) is 3.22. The van der Waals surface area contributed by atoms with E-state index >= 15 is 0 Å². The summed E-state index contributed by atoms with van der Waals surface area (Å²) < 4.78 is 24.2. The zero-order valence-electron chi connectivity index (χ0n) is 16.3. The minimum Gasteiger partial charge on any atom is -0.496 e. The van der Waals surface area contributed by atoms with Gasteiger partial charge in [-0.3, -0.25) is 14.2 Å². The Hall–Kier alpha value is -1.65. The van der Waals surface area contributed by atoms with Crippen molar-refractivity contribution in [1.82, 2.24) is 0 Å². The van der Waals surface area contributed by atoms with Crippen molar-refractivity contribution >= 4 is 53.9 Å². The summed E-state index contributed by atoms with van der Waals surface area (Å²) in [5, 5.41) is -0.996. The van der Waals surface area contributed by atoms with Crippen LogP contribution in [0.2, 0.25) is 15.1 Å². The molecule has 5 nitrogen and oxygen atoms in total. The van der Waals surface area contributed by atoms with Gasteiger partial charge in [0.25, 0.3) is 0 Å². The van der Waals surface area contributed by atoms with Crippen molar-refractivity contribution in [1.29, 1.82) is 0 Å². The van der Waals surface area contributed by atoms with Gasteiger partial charge in [-0.05, 0) is 37.1 Å². The molecule has 0 spiro atoms. The molecule has 1 aliphatic rings. The first kappa shape index (κ1) is 23.0. The van der Waals surface area contributed by atoms with Crippen LogP contribution in [0.1, 0.15) is 46.4 Å². The monoisotopic (exact) mass is 487 g/mol. The molecule has 3 rings (SSSR count). The van der Waals surface area contributed by atoms with Crippen molar-refractivity contribution in [3.63, 3.8) is 0 Å². The van der Waals surface area contributed by atoms with Gasteiger partial charge in [0.2, 0.25) is 5.52 Å². The van der Waals surface area contributed by atoms with E-state index in [0.717, 1.165) is 0 Å². The Labute approximate surface area is 190 Å². The van der Waals surface area contributed by atoms with Crippen LogP contribution in [0.25, 0.3) is 0 Å². The van der Waals surface area contributed by atoms with E-state index in [9.17, 15) is 14.2 Å². The molecule has 1 fully saturated rings. The fourth-order valence-electron chi connectivity index (χ4n) is 3.83. The van der Waals surface area contributed by atoms with Gasteiger partial charge in [-0.1, -0.05) is 53.7 Å². The molecule has 2 aromatic rings. The minimum absolute atomic E-state index is 0.0350. The number of Topliss-reactive ketones (excluding diaryl/α,β-unsaturated/α-hetero) is 1. The average molecular weight is 489 g/mol. The second-order valence-electron chi connectivity index (χ2n) is 6.95. The second-order valence-corrected chi connectivity index (χ2v) is 10.1. The van der Waals surface area contributed by atoms with E-state index in [1.54, 1.807) is 18.2 Å². The molecule has 159 valence electrons. The SMILES string of the molecule is COc1cccc(OC)c1C(=O)[P](=O)C1(C(=O)c2c(Cl)cc(Cl)cc2Cl)CCCC1. The fraction of sp³-hybridized carbons (Fsp3) is 0.333. The third-order valence-electron chi connectivity index (χ3n) is 5.30. The van der Waals surface area contributed by atoms with Gasteiger partial charge >= 0.3 is 0 Å². The Bertz CT molecular complexity index is 986. The lowest BCUT2D eigenvalue weighted by atomic mass is 9.95. The van der Waals surface area contributed by atoms with Gasteiger partial charge in [-0.2, -0.15) is 0 Å². The van der Waals surface area contributed by atoms with Crippen LogP contribution in [0.3, 0.4) is 0 Å². The number of hydrogen-bond acceptors (Lipinski definition) is 5. The number of rotatable bonds is 7. The highest BCUT2D eigenvalue weighted by atomic mass is 35.5. The third kappa shape index (κ3) is 3.97. The van der Waals surface area contributed by atoms with Crippen molar-refractivity contribution in [2.24, 2.45) is 0 Å². The molecular weight excluding hydrogens is 470 g/mol. The summed E-state index contributed by atoms with van der Waals surface area (Å²) in [5.41, 5.74) is -0.612. The van der Waals surface area contributed by atoms with Crippen LogP contribution in [0.4, 0.5) is 0 Å². The summed E-state index contributed by atoms with van der Waals surface area (Å²) in [5.74, 6) is -0.0494. The maximum absolute atomic E-state index is 13.7. The maximum atomic E-state index is 13.7. The summed E-state index contributed by atoms with van der Waals surface area (Å²) in [4.78, 5) is 27.0. The van der Waals surface area contributed by atoms with Gasteiger partial charge in [0.1, 0.15) is 22.2 Å². The standard InChI is InChI=1S/C21H19Cl3O5P/c1-28-15-6-5-7-16(29-2)18(15)20(26)30(27)21(8-3-4-9-21)19(25)17-13(23)10-12(22)11-14(17)24/h5-7,10-11H,3-4,8-9H2,1-2H3. The Kier molecular flexibility index (Phi) is 7.09. The number of methoxy groups -OCH3 is 2. The molecule has 0 heterocycles. The molecule has 1 aliphatic carbocycles. The zero-order chi connectivity index (χ0) is 22.1. The van der Waals surface area contributed by atoms with Crippen molar-refractivity contribution in [3.8, 4) is 11.5 Å². The molecule has 1 saturated carbocycles. The van der Waals surface area contributed by atoms with Crippen LogP contribution in [-0.2, 0) is 4.57 Å². The predicted molar refractivity (Wildman–Crippen MR) is 118 cm³/mol. The van der Waals surface area contributed by atoms with Gasteiger partial charge in [-0.15, -0.1) is 0 Å². The molecule has 0 aromatic heterocycles. The smallest absolute Gasteiger partial charge is 0.250 e. The number of carbonyl (C=O) groups is 2. The van der Waals surface area contributed by atoms with Crippen molar-refractivity contribution in [2.75, 3.05) is 14.2 Å². The van der Waals surface area contributed by atoms with Gasteiger partial charge < -0.3 is 9.47 Å². The molecule has 1 radical (unpaired) electrons. The molecule has 30 heavy (non-hydrogen) atoms. The van der Waals surface area contributed by atoms with E-state index in [1.165, 1.54) is 26.4 Å². The normalized spacial score (nSPS) is 15.6. The van der Waals surface area contributed by atoms with E-state index in [4.69, 9.17) is 44.3 Å². The molecule has 1 unspecified atom stereocenters. The number of carbonyl (C=O) groups excluding carboxylic acids is 2. The first-order valence-electron chi connectivity index (χ1n) is 9.19. The second kappa shape index (κ2) is 9.23. The van der Waals surface area contributed by atoms with E-state index in [-0.39, 0.29) is 37.7 Å². The first-order valence-corrected chi connectivity index (χ1v) is 11.6. The third-order valence-corrected chi connectivity index (χ3v) is 8.14. The van der Waals surface area contributed by atoms with Crippen LogP contribution < -0.4 is 9.47 Å². The van der Waals surface area contributed by atoms with Crippen molar-refractivity contribution in [3.05, 3.63) is 56.5 Å². The number of ether oxygens (including phenoxy) is 2. The van der Waals surface area contributed by atoms with Gasteiger partial charge in [0.15, 0.2) is 13.6 Å². The van der Waals surface area contributed by atoms with Gasteiger partial charge in [0.05, 0.1) is 29.8 Å². The number of halogens is 3. The molecule has 0 saturated heterocycles. The topological polar surface area (TPSA) is 69.7 Å². The van der Waals surface area contributed by atoms with Crippen LogP contribution in [-0.4, -0.2) is 30.7 Å². The Morgan fingerprint density at radius 1 is 0.933 bits per heavy atom. The molecule has 0 N–H and O–H groups in total. The lowest BCUT2D eigenvalue weighted by Gasteiger charge is -2.27. The Morgan fingerprint density at radius 2 is 1.43 bits per heavy atom. The lowest BCUT2D eigenvalue weighted by Crippen LogP contribution is -2.34. The van der Waals surface area contributed by atoms with Crippen LogP contribution >= 0.6 is 42.6 Å². The number of benzene rings is 2. The minimum atomic E-state index is -2.69. The number of ketones is 1. The Balaban J connectivity index is 2.11. The van der Waals surface area contributed by atoms with E-state index in [2.05, 4.69) is 0 Å². The van der Waals surface area contributed by atoms with Crippen LogP contribution in [0, 0.1) is 0 Å². The lowest BCUT2D eigenvalue weighted by molar-refractivity contribution is 0.0931. The molecule has 2 aromatic carbocycles. The predicted octanol–water partition coefficient (Wildman–Crippen LogP) is 6.83. The van der Waals surface area contributed by atoms with Gasteiger partial charge in [0, 0.05) is 5.02 Å². The van der Waals surface area contributed by atoms with Crippen LogP contribution in [0.15, 0.2) is 30.3 Å². The summed E-state index contributed by atoms with van der Waals surface area (Å²) in [6, 6.07) is 7.63. The molecular formula is C21H19Cl3O5P. The first-order chi connectivity index (χ1) is 14.3. The highest BCUT2D eigenvalue weighted by Gasteiger charge is 2.51. The van der Waals surface area contributed by atoms with E-state index in [0.29, 0.717) is 25.7 Å². The summed E-state index contributed by atoms with van der Waals surface area (Å²) in [6.07, 6.45) is 1.90. The van der Waals surface area contributed by atoms with E-state index < -0.39 is 24.3 Å². The van der Waals surface area contributed by atoms with Gasteiger partial charge in [-0.25, -0.2) is 0 Å².